The number of benzene rings is 3. The van der Waals surface area contributed by atoms with Crippen LogP contribution in [0.4, 0.5) is 5.69 Å². The van der Waals surface area contributed by atoms with Crippen LogP contribution >= 0.6 is 39.3 Å². The second-order valence-electron chi connectivity index (χ2n) is 8.16. The van der Waals surface area contributed by atoms with Crippen LogP contribution in [0.5, 0.6) is 0 Å². The molecule has 2 heterocycles. The molecule has 0 aliphatic rings. The number of aromatic nitrogens is 2. The maximum atomic E-state index is 13.4. The first-order chi connectivity index (χ1) is 17.9. The van der Waals surface area contributed by atoms with E-state index in [1.54, 1.807) is 48.5 Å². The van der Waals surface area contributed by atoms with Crippen molar-refractivity contribution in [3.63, 3.8) is 0 Å². The molecule has 0 saturated carbocycles. The molecular weight excluding hydrogens is 574 g/mol. The standard InChI is InChI=1S/C28H19BrClN3O3S/c1-16-6-2-3-7-18(16)15-37-28-31-14-21(30)24(33-28)27(35)32-23-20-8-4-5-9-22(20)36-26(23)25(34)17-10-12-19(29)13-11-17/h2-14H,15H2,1H3,(H,32,35). The van der Waals surface area contributed by atoms with E-state index in [-0.39, 0.29) is 27.9 Å². The van der Waals surface area contributed by atoms with Crippen molar-refractivity contribution in [3.05, 3.63) is 117 Å². The van der Waals surface area contributed by atoms with Crippen LogP contribution in [0.1, 0.15) is 37.7 Å². The number of hydrogen-bond acceptors (Lipinski definition) is 6. The third-order valence-corrected chi connectivity index (χ3v) is 7.42. The molecule has 5 aromatic rings. The van der Waals surface area contributed by atoms with Gasteiger partial charge in [0.2, 0.25) is 5.78 Å². The molecule has 0 atom stereocenters. The molecular formula is C28H19BrClN3O3S. The first kappa shape index (κ1) is 25.2. The first-order valence-corrected chi connectivity index (χ1v) is 13.4. The number of furan rings is 1. The van der Waals surface area contributed by atoms with Gasteiger partial charge < -0.3 is 9.73 Å². The molecule has 0 aliphatic carbocycles. The first-order valence-electron chi connectivity index (χ1n) is 11.2. The number of halogens is 2. The van der Waals surface area contributed by atoms with Gasteiger partial charge in [0.25, 0.3) is 5.91 Å². The molecule has 0 bridgehead atoms. The van der Waals surface area contributed by atoms with Crippen LogP contribution in [0.25, 0.3) is 11.0 Å². The van der Waals surface area contributed by atoms with Crippen molar-refractivity contribution in [3.8, 4) is 0 Å². The van der Waals surface area contributed by atoms with E-state index in [0.717, 1.165) is 15.6 Å². The molecule has 0 saturated heterocycles. The van der Waals surface area contributed by atoms with Gasteiger partial charge >= 0.3 is 0 Å². The quantitative estimate of drug-likeness (QED) is 0.118. The molecule has 184 valence electrons. The van der Waals surface area contributed by atoms with Crippen molar-refractivity contribution >= 4 is 67.6 Å². The number of aryl methyl sites for hydroxylation is 1. The Kier molecular flexibility index (Phi) is 7.41. The lowest BCUT2D eigenvalue weighted by Gasteiger charge is -2.09. The Hall–Kier alpha value is -3.46. The van der Waals surface area contributed by atoms with Crippen molar-refractivity contribution in [2.24, 2.45) is 0 Å². The minimum atomic E-state index is -0.568. The highest BCUT2D eigenvalue weighted by Crippen LogP contribution is 2.33. The number of para-hydroxylation sites is 1. The third kappa shape index (κ3) is 5.46. The summed E-state index contributed by atoms with van der Waals surface area (Å²) in [6.45, 7) is 2.04. The molecule has 37 heavy (non-hydrogen) atoms. The fourth-order valence-electron chi connectivity index (χ4n) is 3.73. The minimum Gasteiger partial charge on any atom is -0.450 e. The number of thioether (sulfide) groups is 1. The zero-order chi connectivity index (χ0) is 25.9. The van der Waals surface area contributed by atoms with Crippen LogP contribution in [0, 0.1) is 6.92 Å². The van der Waals surface area contributed by atoms with E-state index in [9.17, 15) is 9.59 Å². The summed E-state index contributed by atoms with van der Waals surface area (Å²) < 4.78 is 6.73. The Morgan fingerprint density at radius 3 is 2.54 bits per heavy atom. The molecule has 0 spiro atoms. The van der Waals surface area contributed by atoms with Crippen molar-refractivity contribution in [1.29, 1.82) is 0 Å². The average molecular weight is 593 g/mol. The molecule has 2 aromatic heterocycles. The van der Waals surface area contributed by atoms with E-state index in [4.69, 9.17) is 16.0 Å². The predicted molar refractivity (Wildman–Crippen MR) is 150 cm³/mol. The van der Waals surface area contributed by atoms with E-state index in [2.05, 4.69) is 31.2 Å². The summed E-state index contributed by atoms with van der Waals surface area (Å²) in [5.41, 5.74) is 3.48. The lowest BCUT2D eigenvalue weighted by molar-refractivity contribution is 0.101. The number of carbonyl (C=O) groups excluding carboxylic acids is 2. The summed E-state index contributed by atoms with van der Waals surface area (Å²) in [6.07, 6.45) is 1.41. The molecule has 0 aliphatic heterocycles. The number of hydrogen-bond donors (Lipinski definition) is 1. The van der Waals surface area contributed by atoms with Gasteiger partial charge in [-0.25, -0.2) is 9.97 Å². The highest BCUT2D eigenvalue weighted by molar-refractivity contribution is 9.10. The molecule has 0 fully saturated rings. The van der Waals surface area contributed by atoms with Crippen LogP contribution < -0.4 is 5.32 Å². The number of rotatable bonds is 7. The highest BCUT2D eigenvalue weighted by Gasteiger charge is 2.25. The zero-order valence-corrected chi connectivity index (χ0v) is 22.7. The van der Waals surface area contributed by atoms with Crippen molar-refractivity contribution in [1.82, 2.24) is 9.97 Å². The maximum absolute atomic E-state index is 13.4. The van der Waals surface area contributed by atoms with Crippen molar-refractivity contribution in [2.45, 2.75) is 17.8 Å². The molecule has 5 rings (SSSR count). The smallest absolute Gasteiger partial charge is 0.276 e. The van der Waals surface area contributed by atoms with Crippen LogP contribution in [0.3, 0.4) is 0 Å². The third-order valence-electron chi connectivity index (χ3n) is 5.70. The number of nitrogens with one attached hydrogen (secondary N) is 1. The van der Waals surface area contributed by atoms with Gasteiger partial charge in [0.15, 0.2) is 16.6 Å². The summed E-state index contributed by atoms with van der Waals surface area (Å²) in [5.74, 6) is -0.256. The van der Waals surface area contributed by atoms with Crippen LogP contribution in [-0.2, 0) is 5.75 Å². The van der Waals surface area contributed by atoms with Crippen molar-refractivity contribution < 1.29 is 14.0 Å². The molecule has 9 heteroatoms. The molecule has 1 N–H and O–H groups in total. The Morgan fingerprint density at radius 1 is 1.03 bits per heavy atom. The Labute approximate surface area is 230 Å². The van der Waals surface area contributed by atoms with E-state index < -0.39 is 5.91 Å². The van der Waals surface area contributed by atoms with Gasteiger partial charge in [-0.15, -0.1) is 0 Å². The Morgan fingerprint density at radius 2 is 1.76 bits per heavy atom. The van der Waals surface area contributed by atoms with Gasteiger partial charge in [-0.05, 0) is 54.4 Å². The van der Waals surface area contributed by atoms with Gasteiger partial charge in [0.1, 0.15) is 5.58 Å². The monoisotopic (exact) mass is 591 g/mol. The largest absolute Gasteiger partial charge is 0.450 e. The SMILES string of the molecule is Cc1ccccc1CSc1ncc(Cl)c(C(=O)Nc2c(C(=O)c3ccc(Br)cc3)oc3ccccc23)n1. The summed E-state index contributed by atoms with van der Waals surface area (Å²) in [5, 5.41) is 3.93. The van der Waals surface area contributed by atoms with Crippen LogP contribution in [0.2, 0.25) is 5.02 Å². The number of nitrogens with zero attached hydrogens (tertiary/aromatic N) is 2. The summed E-state index contributed by atoms with van der Waals surface area (Å²) in [7, 11) is 0. The molecule has 6 nitrogen and oxygen atoms in total. The second kappa shape index (κ2) is 10.9. The maximum Gasteiger partial charge on any atom is 0.276 e. The number of fused-ring (bicyclic) bond motifs is 1. The second-order valence-corrected chi connectivity index (χ2v) is 10.4. The van der Waals surface area contributed by atoms with E-state index in [0.29, 0.717) is 27.4 Å². The van der Waals surface area contributed by atoms with Gasteiger partial charge in [-0.1, -0.05) is 75.7 Å². The molecule has 1 amide bonds. The van der Waals surface area contributed by atoms with Gasteiger partial charge in [-0.2, -0.15) is 0 Å². The number of ketones is 1. The average Bonchev–Trinajstić information content (AvgIpc) is 3.27. The number of carbonyl (C=O) groups is 2. The zero-order valence-electron chi connectivity index (χ0n) is 19.5. The minimum absolute atomic E-state index is 0.0104. The summed E-state index contributed by atoms with van der Waals surface area (Å²) in [6, 6.07) is 22.1. The van der Waals surface area contributed by atoms with Crippen molar-refractivity contribution in [2.75, 3.05) is 5.32 Å². The van der Waals surface area contributed by atoms with E-state index in [1.807, 2.05) is 31.2 Å². The normalized spacial score (nSPS) is 11.0. The predicted octanol–water partition coefficient (Wildman–Crippen LogP) is 7.72. The van der Waals surface area contributed by atoms with Gasteiger partial charge in [0.05, 0.1) is 16.9 Å². The Bertz CT molecular complexity index is 1640. The van der Waals surface area contributed by atoms with E-state index in [1.165, 1.54) is 18.0 Å². The van der Waals surface area contributed by atoms with E-state index >= 15 is 0 Å². The summed E-state index contributed by atoms with van der Waals surface area (Å²) >= 11 is 11.1. The fraction of sp³-hybridized carbons (Fsp3) is 0.0714. The van der Waals surface area contributed by atoms with Crippen LogP contribution in [-0.4, -0.2) is 21.7 Å². The summed E-state index contributed by atoms with van der Waals surface area (Å²) in [4.78, 5) is 35.4. The van der Waals surface area contributed by atoms with Gasteiger partial charge in [0, 0.05) is 21.2 Å². The molecule has 0 unspecified atom stereocenters. The lowest BCUT2D eigenvalue weighted by Crippen LogP contribution is -2.17. The highest BCUT2D eigenvalue weighted by atomic mass is 79.9. The Balaban J connectivity index is 1.45. The number of anilines is 1. The molecule has 3 aromatic carbocycles. The number of amides is 1. The topological polar surface area (TPSA) is 85.1 Å². The lowest BCUT2D eigenvalue weighted by atomic mass is 10.1. The van der Waals surface area contributed by atoms with Gasteiger partial charge in [-0.3, -0.25) is 9.59 Å². The van der Waals surface area contributed by atoms with Crippen LogP contribution in [0.15, 0.2) is 93.0 Å². The molecule has 0 radical (unpaired) electrons. The fourth-order valence-corrected chi connectivity index (χ4v) is 5.06.